The number of fused-ring (bicyclic) bond motifs is 1. The van der Waals surface area contributed by atoms with Gasteiger partial charge in [-0.15, -0.1) is 0 Å². The van der Waals surface area contributed by atoms with Gasteiger partial charge in [-0.25, -0.2) is 4.98 Å². The van der Waals surface area contributed by atoms with Crippen molar-refractivity contribution in [1.82, 2.24) is 14.9 Å². The molecule has 0 radical (unpaired) electrons. The highest BCUT2D eigenvalue weighted by atomic mass is 16.3. The number of aliphatic hydroxyl groups excluding tert-OH is 1. The van der Waals surface area contributed by atoms with Crippen molar-refractivity contribution in [3.05, 3.63) is 17.7 Å². The standard InChI is InChI=1S/C15H25N3O2/c1-10(2)12(6-7-19)17-15(20)13-9-18-8-11(3)4-5-14(18)16-13/h9-12,19H,4-8H2,1-3H3,(H,17,20). The van der Waals surface area contributed by atoms with E-state index in [1.54, 1.807) is 0 Å². The third kappa shape index (κ3) is 3.39. The smallest absolute Gasteiger partial charge is 0.271 e. The molecule has 0 bridgehead atoms. The van der Waals surface area contributed by atoms with E-state index in [2.05, 4.69) is 21.8 Å². The van der Waals surface area contributed by atoms with Crippen molar-refractivity contribution in [2.45, 2.75) is 52.6 Å². The lowest BCUT2D eigenvalue weighted by molar-refractivity contribution is 0.0912. The van der Waals surface area contributed by atoms with Gasteiger partial charge in [0.2, 0.25) is 0 Å². The van der Waals surface area contributed by atoms with Crippen LogP contribution in [0.1, 0.15) is 49.9 Å². The van der Waals surface area contributed by atoms with Crippen LogP contribution in [-0.2, 0) is 13.0 Å². The predicted molar refractivity (Wildman–Crippen MR) is 77.5 cm³/mol. The first-order chi connectivity index (χ1) is 9.51. The fraction of sp³-hybridized carbons (Fsp3) is 0.733. The number of nitrogens with zero attached hydrogens (tertiary/aromatic N) is 2. The number of carbonyl (C=O) groups excluding carboxylic acids is 1. The molecule has 0 saturated heterocycles. The minimum atomic E-state index is -0.133. The summed E-state index contributed by atoms with van der Waals surface area (Å²) in [5.74, 6) is 1.82. The first-order valence-corrected chi connectivity index (χ1v) is 7.49. The molecule has 2 rings (SSSR count). The van der Waals surface area contributed by atoms with Gasteiger partial charge < -0.3 is 15.0 Å². The highest BCUT2D eigenvalue weighted by molar-refractivity contribution is 5.92. The van der Waals surface area contributed by atoms with E-state index in [0.29, 0.717) is 24.0 Å². The predicted octanol–water partition coefficient (Wildman–Crippen LogP) is 1.60. The maximum atomic E-state index is 12.3. The zero-order chi connectivity index (χ0) is 14.7. The number of hydrogen-bond donors (Lipinski definition) is 2. The first-order valence-electron chi connectivity index (χ1n) is 7.49. The van der Waals surface area contributed by atoms with Crippen molar-refractivity contribution in [2.75, 3.05) is 6.61 Å². The minimum absolute atomic E-state index is 0.00912. The van der Waals surface area contributed by atoms with E-state index in [0.717, 1.165) is 25.2 Å². The Morgan fingerprint density at radius 2 is 2.35 bits per heavy atom. The van der Waals surface area contributed by atoms with Gasteiger partial charge in [0.15, 0.2) is 0 Å². The van der Waals surface area contributed by atoms with E-state index in [4.69, 9.17) is 5.11 Å². The van der Waals surface area contributed by atoms with Crippen LogP contribution in [0.5, 0.6) is 0 Å². The summed E-state index contributed by atoms with van der Waals surface area (Å²) in [4.78, 5) is 16.7. The zero-order valence-electron chi connectivity index (χ0n) is 12.6. The Morgan fingerprint density at radius 3 is 3.00 bits per heavy atom. The van der Waals surface area contributed by atoms with Gasteiger partial charge in [0.1, 0.15) is 11.5 Å². The largest absolute Gasteiger partial charge is 0.396 e. The molecule has 1 aliphatic rings. The van der Waals surface area contributed by atoms with Gasteiger partial charge in [0, 0.05) is 31.8 Å². The molecule has 0 spiro atoms. The van der Waals surface area contributed by atoms with Gasteiger partial charge in [0.25, 0.3) is 5.91 Å². The lowest BCUT2D eigenvalue weighted by atomic mass is 10.0. The van der Waals surface area contributed by atoms with Gasteiger partial charge in [-0.1, -0.05) is 20.8 Å². The van der Waals surface area contributed by atoms with Gasteiger partial charge in [-0.3, -0.25) is 4.79 Å². The molecule has 1 aromatic heterocycles. The molecule has 0 saturated carbocycles. The molecule has 1 aliphatic heterocycles. The molecule has 0 aliphatic carbocycles. The fourth-order valence-electron chi connectivity index (χ4n) is 2.68. The number of imidazole rings is 1. The maximum absolute atomic E-state index is 12.3. The number of carbonyl (C=O) groups is 1. The van der Waals surface area contributed by atoms with E-state index in [1.165, 1.54) is 0 Å². The van der Waals surface area contributed by atoms with Crippen LogP contribution in [0, 0.1) is 11.8 Å². The monoisotopic (exact) mass is 279 g/mol. The Hall–Kier alpha value is -1.36. The summed E-state index contributed by atoms with van der Waals surface area (Å²) in [6.07, 6.45) is 4.51. The number of hydrogen-bond acceptors (Lipinski definition) is 3. The number of nitrogens with one attached hydrogen (secondary N) is 1. The Bertz CT molecular complexity index is 468. The normalized spacial score (nSPS) is 19.8. The molecule has 2 atom stereocenters. The average Bonchev–Trinajstić information content (AvgIpc) is 2.80. The molecule has 5 heteroatoms. The third-order valence-corrected chi connectivity index (χ3v) is 4.02. The molecule has 0 aromatic carbocycles. The van der Waals surface area contributed by atoms with Crippen LogP contribution in [-0.4, -0.2) is 33.2 Å². The van der Waals surface area contributed by atoms with Crippen molar-refractivity contribution in [3.8, 4) is 0 Å². The maximum Gasteiger partial charge on any atom is 0.271 e. The Morgan fingerprint density at radius 1 is 1.60 bits per heavy atom. The summed E-state index contributed by atoms with van der Waals surface area (Å²) in [5.41, 5.74) is 0.498. The number of rotatable bonds is 5. The van der Waals surface area contributed by atoms with Crippen molar-refractivity contribution in [2.24, 2.45) is 11.8 Å². The lowest BCUT2D eigenvalue weighted by Crippen LogP contribution is -2.39. The molecule has 2 N–H and O–H groups in total. The van der Waals surface area contributed by atoms with E-state index in [9.17, 15) is 4.79 Å². The van der Waals surface area contributed by atoms with Crippen LogP contribution in [0.2, 0.25) is 0 Å². The number of aliphatic hydroxyl groups is 1. The molecular formula is C15H25N3O2. The Balaban J connectivity index is 2.06. The van der Waals surface area contributed by atoms with Crippen LogP contribution in [0.4, 0.5) is 0 Å². The van der Waals surface area contributed by atoms with Gasteiger partial charge >= 0.3 is 0 Å². The van der Waals surface area contributed by atoms with Crippen LogP contribution in [0.15, 0.2) is 6.20 Å². The van der Waals surface area contributed by atoms with E-state index >= 15 is 0 Å². The quantitative estimate of drug-likeness (QED) is 0.860. The van der Waals surface area contributed by atoms with E-state index in [1.807, 2.05) is 20.0 Å². The second-order valence-electron chi connectivity index (χ2n) is 6.17. The summed E-state index contributed by atoms with van der Waals surface area (Å²) in [7, 11) is 0. The Kier molecular flexibility index (Phi) is 4.81. The summed E-state index contributed by atoms with van der Waals surface area (Å²) < 4.78 is 2.10. The average molecular weight is 279 g/mol. The summed E-state index contributed by atoms with van der Waals surface area (Å²) in [5, 5.41) is 12.0. The molecule has 1 amide bonds. The van der Waals surface area contributed by atoms with Crippen LogP contribution in [0.25, 0.3) is 0 Å². The summed E-state index contributed by atoms with van der Waals surface area (Å²) >= 11 is 0. The molecule has 2 heterocycles. The topological polar surface area (TPSA) is 67.2 Å². The second-order valence-corrected chi connectivity index (χ2v) is 6.17. The van der Waals surface area contributed by atoms with Gasteiger partial charge in [-0.2, -0.15) is 0 Å². The molecular weight excluding hydrogens is 254 g/mol. The van der Waals surface area contributed by atoms with E-state index in [-0.39, 0.29) is 18.6 Å². The number of aromatic nitrogens is 2. The van der Waals surface area contributed by atoms with Crippen LogP contribution in [0.3, 0.4) is 0 Å². The molecule has 112 valence electrons. The molecule has 0 fully saturated rings. The number of aryl methyl sites for hydroxylation is 1. The summed E-state index contributed by atoms with van der Waals surface area (Å²) in [6.45, 7) is 7.33. The van der Waals surface area contributed by atoms with Gasteiger partial charge in [0.05, 0.1) is 0 Å². The van der Waals surface area contributed by atoms with Crippen molar-refractivity contribution in [3.63, 3.8) is 0 Å². The SMILES string of the molecule is CC1CCc2nc(C(=O)NC(CCO)C(C)C)cn2C1. The lowest BCUT2D eigenvalue weighted by Gasteiger charge is -2.20. The molecule has 2 unspecified atom stereocenters. The van der Waals surface area contributed by atoms with Gasteiger partial charge in [-0.05, 0) is 24.7 Å². The molecule has 1 aromatic rings. The second kappa shape index (κ2) is 6.39. The highest BCUT2D eigenvalue weighted by Gasteiger charge is 2.22. The zero-order valence-corrected chi connectivity index (χ0v) is 12.6. The van der Waals surface area contributed by atoms with Crippen molar-refractivity contribution in [1.29, 1.82) is 0 Å². The first kappa shape index (κ1) is 15.0. The molecule has 20 heavy (non-hydrogen) atoms. The van der Waals surface area contributed by atoms with Crippen LogP contribution >= 0.6 is 0 Å². The minimum Gasteiger partial charge on any atom is -0.396 e. The Labute approximate surface area is 120 Å². The highest BCUT2D eigenvalue weighted by Crippen LogP contribution is 2.19. The van der Waals surface area contributed by atoms with Crippen molar-refractivity contribution >= 4 is 5.91 Å². The van der Waals surface area contributed by atoms with Crippen molar-refractivity contribution < 1.29 is 9.90 Å². The summed E-state index contributed by atoms with van der Waals surface area (Å²) in [6, 6.07) is -0.00912. The van der Waals surface area contributed by atoms with Crippen LogP contribution < -0.4 is 5.32 Å². The fourth-order valence-corrected chi connectivity index (χ4v) is 2.68. The number of amides is 1. The molecule has 5 nitrogen and oxygen atoms in total. The van der Waals surface area contributed by atoms with E-state index < -0.39 is 0 Å². The third-order valence-electron chi connectivity index (χ3n) is 4.02.